The first kappa shape index (κ1) is 48.1. The summed E-state index contributed by atoms with van der Waals surface area (Å²) in [4.78, 5) is 83.1. The van der Waals surface area contributed by atoms with Crippen molar-refractivity contribution >= 4 is 59.9 Å². The highest BCUT2D eigenvalue weighted by atomic mass is 28.3. The Kier molecular flexibility index (Phi) is 16.7. The van der Waals surface area contributed by atoms with E-state index in [1.165, 1.54) is 0 Å². The predicted molar refractivity (Wildman–Crippen MR) is 229 cm³/mol. The van der Waals surface area contributed by atoms with Gasteiger partial charge in [-0.2, -0.15) is 0 Å². The number of H-pyrrole nitrogens is 1. The minimum Gasteiger partial charge on any atom is -0.480 e. The maximum absolute atomic E-state index is 14.6. The summed E-state index contributed by atoms with van der Waals surface area (Å²) >= 11 is 0. The van der Waals surface area contributed by atoms with Crippen LogP contribution in [0.15, 0.2) is 18.2 Å². The number of benzene rings is 1. The highest BCUT2D eigenvalue weighted by molar-refractivity contribution is 6.91. The van der Waals surface area contributed by atoms with E-state index in [0.29, 0.717) is 0 Å². The third-order valence-electron chi connectivity index (χ3n) is 11.5. The fourth-order valence-electron chi connectivity index (χ4n) is 8.18. The zero-order chi connectivity index (χ0) is 43.9. The van der Waals surface area contributed by atoms with Crippen LogP contribution in [0.3, 0.4) is 0 Å². The predicted octanol–water partition coefficient (Wildman–Crippen LogP) is 4.35. The third kappa shape index (κ3) is 11.9. The first-order valence-electron chi connectivity index (χ1n) is 21.1. The van der Waals surface area contributed by atoms with Gasteiger partial charge in [-0.05, 0) is 68.6 Å². The van der Waals surface area contributed by atoms with Gasteiger partial charge in [0.2, 0.25) is 23.6 Å². The Hall–Kier alpha value is -4.24. The number of aliphatic carboxylic acids is 1. The second kappa shape index (κ2) is 20.1. The number of esters is 1. The number of carbonyl (C=O) groups is 6. The lowest BCUT2D eigenvalue weighted by Crippen LogP contribution is -2.59. The summed E-state index contributed by atoms with van der Waals surface area (Å²) in [5.74, 6) is -4.96. The minimum atomic E-state index is -2.08. The maximum atomic E-state index is 14.6. The Morgan fingerprint density at radius 2 is 1.53 bits per heavy atom. The average Bonchev–Trinajstić information content (AvgIpc) is 3.73. The number of nitrogens with two attached hydrogens (primary N) is 1. The molecule has 0 unspecified atom stereocenters. The van der Waals surface area contributed by atoms with Crippen molar-refractivity contribution in [2.24, 2.45) is 23.5 Å². The molecule has 1 fully saturated rings. The number of aromatic amines is 1. The summed E-state index contributed by atoms with van der Waals surface area (Å²) in [6, 6.07) is 3.68. The third-order valence-corrected chi connectivity index (χ3v) is 17.1. The molecule has 14 nitrogen and oxygen atoms in total. The molecule has 15 heteroatoms. The largest absolute Gasteiger partial charge is 0.480 e. The molecule has 1 saturated heterocycles. The van der Waals surface area contributed by atoms with Crippen molar-refractivity contribution < 1.29 is 38.6 Å². The van der Waals surface area contributed by atoms with Crippen LogP contribution in [0.4, 0.5) is 0 Å². The van der Waals surface area contributed by atoms with Crippen molar-refractivity contribution in [1.29, 1.82) is 0 Å². The van der Waals surface area contributed by atoms with Crippen LogP contribution < -0.4 is 32.3 Å². The van der Waals surface area contributed by atoms with Gasteiger partial charge in [-0.25, -0.2) is 4.79 Å². The molecule has 4 amide bonds. The van der Waals surface area contributed by atoms with Gasteiger partial charge in [-0.15, -0.1) is 0 Å². The molecule has 1 aromatic carbocycles. The molecule has 2 aromatic rings. The van der Waals surface area contributed by atoms with Crippen molar-refractivity contribution in [2.45, 2.75) is 169 Å². The second-order valence-corrected chi connectivity index (χ2v) is 23.3. The van der Waals surface area contributed by atoms with Crippen LogP contribution in [-0.4, -0.2) is 89.5 Å². The van der Waals surface area contributed by atoms with Gasteiger partial charge in [0.25, 0.3) is 0 Å². The Morgan fingerprint density at radius 1 is 0.914 bits per heavy atom. The van der Waals surface area contributed by atoms with Crippen LogP contribution in [0.2, 0.25) is 18.1 Å². The molecule has 1 aliphatic heterocycles. The monoisotopic (exact) mass is 827 g/mol. The Labute approximate surface area is 345 Å². The van der Waals surface area contributed by atoms with Crippen molar-refractivity contribution in [3.8, 4) is 0 Å². The molecule has 0 spiro atoms. The minimum absolute atomic E-state index is 0.0480. The first-order chi connectivity index (χ1) is 27.0. The molecule has 0 radical (unpaired) electrons. The van der Waals surface area contributed by atoms with Gasteiger partial charge in [0.1, 0.15) is 43.9 Å². The standard InChI is InChI=1S/C43H70N6O8Si/c1-13-58(14-2,15-3)40-28(22-29(44)42(56)57-43(10,11)12)27-17-16-26(21-31(27)47-40)34(24(6)7)36(49-37(51)30-18-19-33(50)45-30)39(53)46-32(20-23(4)5)38(52)48-35(25(8)9)41(54)55/h16-17,21,23-25,29-30,32,34-36,47H,13-15,18-20,22,44H2,1-12H3,(H,45,50)(H,46,53)(H,48,52)(H,49,51)(H,54,55)/t29-,30-,32-,34+,35-,36-/m0/s1. The molecule has 6 atom stereocenters. The molecular weight excluding hydrogens is 757 g/mol. The number of hydrogen-bond acceptors (Lipinski definition) is 8. The lowest BCUT2D eigenvalue weighted by molar-refractivity contribution is -0.156. The van der Waals surface area contributed by atoms with Crippen LogP contribution in [-0.2, 0) is 39.9 Å². The molecule has 3 rings (SSSR count). The van der Waals surface area contributed by atoms with Crippen LogP contribution in [0.25, 0.3) is 10.9 Å². The zero-order valence-corrected chi connectivity index (χ0v) is 37.8. The normalized spacial score (nSPS) is 17.4. The van der Waals surface area contributed by atoms with E-state index in [4.69, 9.17) is 10.5 Å². The average molecular weight is 827 g/mol. The highest BCUT2D eigenvalue weighted by Gasteiger charge is 2.40. The molecular formula is C43H70N6O8Si. The van der Waals surface area contributed by atoms with Gasteiger partial charge in [0.05, 0.1) is 0 Å². The van der Waals surface area contributed by atoms with E-state index in [9.17, 15) is 33.9 Å². The van der Waals surface area contributed by atoms with E-state index in [2.05, 4.69) is 47.0 Å². The zero-order valence-electron chi connectivity index (χ0n) is 36.8. The molecule has 0 aliphatic carbocycles. The second-order valence-electron chi connectivity index (χ2n) is 18.1. The van der Waals surface area contributed by atoms with Gasteiger partial charge >= 0.3 is 11.9 Å². The smallest absolute Gasteiger partial charge is 0.326 e. The molecule has 0 saturated carbocycles. The number of fused-ring (bicyclic) bond motifs is 1. The first-order valence-corrected chi connectivity index (χ1v) is 23.7. The summed E-state index contributed by atoms with van der Waals surface area (Å²) in [5, 5.41) is 22.9. The number of aromatic nitrogens is 1. The Morgan fingerprint density at radius 3 is 2.02 bits per heavy atom. The Bertz CT molecular complexity index is 1790. The number of hydrogen-bond donors (Lipinski definition) is 7. The highest BCUT2D eigenvalue weighted by Crippen LogP contribution is 2.34. The molecule has 8 N–H and O–H groups in total. The van der Waals surface area contributed by atoms with Gasteiger partial charge in [0.15, 0.2) is 0 Å². The number of carboxylic acids is 1. The van der Waals surface area contributed by atoms with Crippen molar-refractivity contribution in [2.75, 3.05) is 0 Å². The summed E-state index contributed by atoms with van der Waals surface area (Å²) in [6.07, 6.45) is 0.957. The topological polar surface area (TPSA) is 222 Å². The SMILES string of the molecule is CC[Si](CC)(CC)c1[nH]c2cc([C@@H](C(C)C)[C@H](NC(=O)[C@@H]3CCC(=O)N3)C(=O)N[C@@H](CC(C)C)C(=O)N[C@H](C(=O)O)C(C)C)ccc2c1C[C@H](N)C(=O)OC(C)(C)C. The lowest BCUT2D eigenvalue weighted by Gasteiger charge is -2.33. The fourth-order valence-corrected chi connectivity index (χ4v) is 12.0. The lowest BCUT2D eigenvalue weighted by atomic mass is 9.81. The fraction of sp³-hybridized carbons (Fsp3) is 0.674. The summed E-state index contributed by atoms with van der Waals surface area (Å²) < 4.78 is 5.66. The van der Waals surface area contributed by atoms with E-state index >= 15 is 0 Å². The van der Waals surface area contributed by atoms with Crippen LogP contribution >= 0.6 is 0 Å². The molecule has 1 aliphatic rings. The van der Waals surface area contributed by atoms with E-state index in [-0.39, 0.29) is 43.4 Å². The van der Waals surface area contributed by atoms with Gasteiger partial charge in [-0.3, -0.25) is 24.0 Å². The van der Waals surface area contributed by atoms with Gasteiger partial charge in [-0.1, -0.05) is 92.6 Å². The number of carboxylic acid groups (broad SMARTS) is 1. The van der Waals surface area contributed by atoms with Crippen molar-refractivity contribution in [1.82, 2.24) is 26.3 Å². The van der Waals surface area contributed by atoms with Crippen LogP contribution in [0.5, 0.6) is 0 Å². The quantitative estimate of drug-likeness (QED) is 0.0744. The molecule has 324 valence electrons. The summed E-state index contributed by atoms with van der Waals surface area (Å²) in [5.41, 5.74) is 8.41. The molecule has 1 aromatic heterocycles. The number of nitrogens with one attached hydrogen (secondary N) is 5. The van der Waals surface area contributed by atoms with Crippen molar-refractivity contribution in [3.63, 3.8) is 0 Å². The van der Waals surface area contributed by atoms with Crippen LogP contribution in [0.1, 0.15) is 119 Å². The maximum Gasteiger partial charge on any atom is 0.326 e. The Balaban J connectivity index is 2.19. The molecule has 2 heterocycles. The number of rotatable bonds is 20. The number of carbonyl (C=O) groups excluding carboxylic acids is 5. The molecule has 58 heavy (non-hydrogen) atoms. The number of amides is 4. The molecule has 0 bridgehead atoms. The summed E-state index contributed by atoms with van der Waals surface area (Å²) in [7, 11) is -2.08. The van der Waals surface area contributed by atoms with E-state index in [1.807, 2.05) is 66.7 Å². The van der Waals surface area contributed by atoms with E-state index in [1.54, 1.807) is 13.8 Å². The van der Waals surface area contributed by atoms with E-state index < -0.39 is 85.4 Å². The van der Waals surface area contributed by atoms with Crippen LogP contribution in [0, 0.1) is 17.8 Å². The van der Waals surface area contributed by atoms with Crippen molar-refractivity contribution in [3.05, 3.63) is 29.3 Å². The van der Waals surface area contributed by atoms with Gasteiger partial charge in [0, 0.05) is 35.0 Å². The summed E-state index contributed by atoms with van der Waals surface area (Å²) in [6.45, 7) is 23.1. The number of ether oxygens (including phenoxy) is 1. The van der Waals surface area contributed by atoms with Gasteiger partial charge < -0.3 is 41.8 Å². The van der Waals surface area contributed by atoms with E-state index in [0.717, 1.165) is 45.5 Å².